The third-order valence-electron chi connectivity index (χ3n) is 5.07. The lowest BCUT2D eigenvalue weighted by Crippen LogP contribution is -2.24. The highest BCUT2D eigenvalue weighted by Crippen LogP contribution is 2.27. The van der Waals surface area contributed by atoms with E-state index in [0.717, 1.165) is 22.1 Å². The number of pyridine rings is 1. The van der Waals surface area contributed by atoms with E-state index in [9.17, 15) is 10.1 Å². The summed E-state index contributed by atoms with van der Waals surface area (Å²) in [6.07, 6.45) is 0. The van der Waals surface area contributed by atoms with Gasteiger partial charge < -0.3 is 0 Å². The number of benzene rings is 2. The zero-order chi connectivity index (χ0) is 20.7. The van der Waals surface area contributed by atoms with Crippen LogP contribution >= 0.6 is 11.8 Å². The molecular formula is C22H16N6OS. The predicted molar refractivity (Wildman–Crippen MR) is 116 cm³/mol. The minimum absolute atomic E-state index is 0.0464. The van der Waals surface area contributed by atoms with E-state index in [1.165, 1.54) is 16.3 Å². The topological polar surface area (TPSA) is 88.9 Å². The van der Waals surface area contributed by atoms with Gasteiger partial charge in [-0.05, 0) is 36.8 Å². The van der Waals surface area contributed by atoms with Gasteiger partial charge in [-0.2, -0.15) is 5.26 Å². The SMILES string of the molecule is Cc1cc2nnc(SCc3nc4ccccc4c(=O)n3CC#N)n2c2ccccc12. The first-order chi connectivity index (χ1) is 14.7. The Morgan fingerprint density at radius 1 is 1.07 bits per heavy atom. The van der Waals surface area contributed by atoms with E-state index in [1.807, 2.05) is 40.8 Å². The third kappa shape index (κ3) is 2.91. The van der Waals surface area contributed by atoms with Crippen molar-refractivity contribution >= 4 is 39.2 Å². The highest BCUT2D eigenvalue weighted by atomic mass is 32.2. The summed E-state index contributed by atoms with van der Waals surface area (Å²) in [5.74, 6) is 0.934. The van der Waals surface area contributed by atoms with Gasteiger partial charge >= 0.3 is 0 Å². The molecule has 2 aromatic carbocycles. The molecule has 0 aliphatic carbocycles. The summed E-state index contributed by atoms with van der Waals surface area (Å²) in [4.78, 5) is 17.5. The Morgan fingerprint density at radius 2 is 1.83 bits per heavy atom. The van der Waals surface area contributed by atoms with Crippen LogP contribution in [-0.2, 0) is 12.3 Å². The van der Waals surface area contributed by atoms with Crippen LogP contribution in [0.25, 0.3) is 27.5 Å². The van der Waals surface area contributed by atoms with E-state index < -0.39 is 0 Å². The number of hydrogen-bond donors (Lipinski definition) is 0. The second-order valence-electron chi connectivity index (χ2n) is 6.90. The Bertz CT molecular complexity index is 1530. The van der Waals surface area contributed by atoms with Crippen LogP contribution in [0.1, 0.15) is 11.4 Å². The molecule has 0 fully saturated rings. The summed E-state index contributed by atoms with van der Waals surface area (Å²) >= 11 is 1.45. The van der Waals surface area contributed by atoms with Crippen molar-refractivity contribution in [2.24, 2.45) is 0 Å². The third-order valence-corrected chi connectivity index (χ3v) is 6.00. The zero-order valence-corrected chi connectivity index (χ0v) is 16.9. The van der Waals surface area contributed by atoms with E-state index >= 15 is 0 Å². The standard InChI is InChI=1S/C22H16N6OS/c1-14-12-19-25-26-22(28(19)18-9-5-3-6-15(14)18)30-13-20-24-17-8-4-2-7-16(17)21(29)27(20)11-10-23/h2-9,12H,11,13H2,1H3. The lowest BCUT2D eigenvalue weighted by atomic mass is 10.1. The van der Waals surface area contributed by atoms with E-state index in [0.29, 0.717) is 27.6 Å². The number of aryl methyl sites for hydroxylation is 1. The molecule has 0 radical (unpaired) electrons. The van der Waals surface area contributed by atoms with E-state index in [2.05, 4.69) is 34.2 Å². The molecule has 0 N–H and O–H groups in total. The molecule has 0 saturated carbocycles. The van der Waals surface area contributed by atoms with Crippen LogP contribution in [0, 0.1) is 18.3 Å². The smallest absolute Gasteiger partial charge is 0.262 e. The van der Waals surface area contributed by atoms with Crippen molar-refractivity contribution in [3.63, 3.8) is 0 Å². The molecule has 3 aromatic heterocycles. The maximum absolute atomic E-state index is 12.9. The Kier molecular flexibility index (Phi) is 4.45. The monoisotopic (exact) mass is 412 g/mol. The largest absolute Gasteiger partial charge is 0.281 e. The van der Waals surface area contributed by atoms with E-state index in [1.54, 1.807) is 12.1 Å². The van der Waals surface area contributed by atoms with Crippen molar-refractivity contribution in [1.29, 1.82) is 5.26 Å². The normalized spacial score (nSPS) is 11.3. The van der Waals surface area contributed by atoms with Gasteiger partial charge in [0.2, 0.25) is 0 Å². The fraction of sp³-hybridized carbons (Fsp3) is 0.136. The highest BCUT2D eigenvalue weighted by molar-refractivity contribution is 7.98. The van der Waals surface area contributed by atoms with Crippen LogP contribution < -0.4 is 5.56 Å². The molecule has 146 valence electrons. The molecule has 0 bridgehead atoms. The number of para-hydroxylation sites is 2. The van der Waals surface area contributed by atoms with Crippen molar-refractivity contribution in [2.75, 3.05) is 0 Å². The van der Waals surface area contributed by atoms with Crippen molar-refractivity contribution in [1.82, 2.24) is 24.1 Å². The molecule has 0 aliphatic rings. The van der Waals surface area contributed by atoms with Crippen molar-refractivity contribution in [3.05, 3.63) is 76.3 Å². The molecule has 3 heterocycles. The van der Waals surface area contributed by atoms with Gasteiger partial charge in [0.15, 0.2) is 10.8 Å². The number of thioether (sulfide) groups is 1. The van der Waals surface area contributed by atoms with Gasteiger partial charge in [0, 0.05) is 5.39 Å². The molecule has 0 unspecified atom stereocenters. The van der Waals surface area contributed by atoms with E-state index in [-0.39, 0.29) is 12.1 Å². The molecular weight excluding hydrogens is 396 g/mol. The summed E-state index contributed by atoms with van der Waals surface area (Å²) in [5.41, 5.74) is 3.36. The first-order valence-corrected chi connectivity index (χ1v) is 10.4. The second kappa shape index (κ2) is 7.28. The summed E-state index contributed by atoms with van der Waals surface area (Å²) in [7, 11) is 0. The fourth-order valence-corrected chi connectivity index (χ4v) is 4.55. The number of nitrogens with zero attached hydrogens (tertiary/aromatic N) is 6. The number of rotatable bonds is 4. The molecule has 5 rings (SSSR count). The van der Waals surface area contributed by atoms with Gasteiger partial charge in [-0.3, -0.25) is 13.8 Å². The zero-order valence-electron chi connectivity index (χ0n) is 16.1. The summed E-state index contributed by atoms with van der Waals surface area (Å²) in [6.45, 7) is 2.01. The number of nitriles is 1. The maximum atomic E-state index is 12.9. The number of fused-ring (bicyclic) bond motifs is 4. The minimum Gasteiger partial charge on any atom is -0.281 e. The fourth-order valence-electron chi connectivity index (χ4n) is 3.66. The molecule has 0 saturated heterocycles. The Labute approximate surface area is 175 Å². The lowest BCUT2D eigenvalue weighted by Gasteiger charge is -2.11. The summed E-state index contributed by atoms with van der Waals surface area (Å²) in [6, 6.07) is 19.4. The van der Waals surface area contributed by atoms with Gasteiger partial charge in [0.1, 0.15) is 12.4 Å². The average Bonchev–Trinajstić information content (AvgIpc) is 3.17. The molecule has 7 nitrogen and oxygen atoms in total. The summed E-state index contributed by atoms with van der Waals surface area (Å²) < 4.78 is 3.45. The van der Waals surface area contributed by atoms with Crippen LogP contribution in [-0.4, -0.2) is 24.1 Å². The Balaban J connectivity index is 1.60. The van der Waals surface area contributed by atoms with Gasteiger partial charge in [-0.25, -0.2) is 4.98 Å². The van der Waals surface area contributed by atoms with Gasteiger partial charge in [0.05, 0.1) is 28.2 Å². The van der Waals surface area contributed by atoms with Gasteiger partial charge in [-0.1, -0.05) is 42.1 Å². The maximum Gasteiger partial charge on any atom is 0.262 e. The molecule has 30 heavy (non-hydrogen) atoms. The molecule has 8 heteroatoms. The van der Waals surface area contributed by atoms with Gasteiger partial charge in [0.25, 0.3) is 5.56 Å². The van der Waals surface area contributed by atoms with E-state index in [4.69, 9.17) is 0 Å². The average molecular weight is 412 g/mol. The Morgan fingerprint density at radius 3 is 2.67 bits per heavy atom. The number of aromatic nitrogens is 5. The highest BCUT2D eigenvalue weighted by Gasteiger charge is 2.15. The predicted octanol–water partition coefficient (Wildman–Crippen LogP) is 3.72. The van der Waals surface area contributed by atoms with Gasteiger partial charge in [-0.15, -0.1) is 10.2 Å². The lowest BCUT2D eigenvalue weighted by molar-refractivity contribution is 0.729. The van der Waals surface area contributed by atoms with Crippen LogP contribution in [0.4, 0.5) is 0 Å². The van der Waals surface area contributed by atoms with Crippen LogP contribution in [0.15, 0.2) is 64.5 Å². The summed E-state index contributed by atoms with van der Waals surface area (Å²) in [5, 5.41) is 20.2. The molecule has 0 amide bonds. The van der Waals surface area contributed by atoms with Crippen molar-refractivity contribution in [3.8, 4) is 6.07 Å². The number of hydrogen-bond acceptors (Lipinski definition) is 6. The minimum atomic E-state index is -0.204. The molecule has 5 aromatic rings. The first-order valence-electron chi connectivity index (χ1n) is 9.39. The first kappa shape index (κ1) is 18.3. The van der Waals surface area contributed by atoms with Crippen molar-refractivity contribution in [2.45, 2.75) is 24.4 Å². The second-order valence-corrected chi connectivity index (χ2v) is 7.85. The Hall–Kier alpha value is -3.70. The molecule has 0 spiro atoms. The quantitative estimate of drug-likeness (QED) is 0.418. The molecule has 0 aliphatic heterocycles. The molecule has 0 atom stereocenters. The van der Waals surface area contributed by atoms with Crippen LogP contribution in [0.3, 0.4) is 0 Å². The van der Waals surface area contributed by atoms with Crippen LogP contribution in [0.2, 0.25) is 0 Å². The van der Waals surface area contributed by atoms with Crippen LogP contribution in [0.5, 0.6) is 0 Å². The van der Waals surface area contributed by atoms with Crippen molar-refractivity contribution < 1.29 is 0 Å².